The molecule has 1 N–H and O–H groups in total. The first-order chi connectivity index (χ1) is 8.75. The largest absolute Gasteiger partial charge is 0.468 e. The molecule has 3 nitrogen and oxygen atoms in total. The van der Waals surface area contributed by atoms with E-state index in [4.69, 9.17) is 4.42 Å². The number of nitrogens with zero attached hydrogens (tertiary/aromatic N) is 1. The summed E-state index contributed by atoms with van der Waals surface area (Å²) in [6.07, 6.45) is 7.47. The molecule has 1 heterocycles. The van der Waals surface area contributed by atoms with Crippen molar-refractivity contribution >= 4 is 0 Å². The lowest BCUT2D eigenvalue weighted by Gasteiger charge is -2.21. The van der Waals surface area contributed by atoms with Gasteiger partial charge in [0, 0.05) is 19.6 Å². The Morgan fingerprint density at radius 1 is 1.44 bits per heavy atom. The Bertz CT molecular complexity index is 317. The van der Waals surface area contributed by atoms with Crippen molar-refractivity contribution in [3.63, 3.8) is 0 Å². The third-order valence-corrected chi connectivity index (χ3v) is 3.96. The monoisotopic (exact) mass is 250 g/mol. The third kappa shape index (κ3) is 4.14. The van der Waals surface area contributed by atoms with Gasteiger partial charge in [-0.3, -0.25) is 0 Å². The van der Waals surface area contributed by atoms with Crippen LogP contribution in [0.5, 0.6) is 0 Å². The van der Waals surface area contributed by atoms with E-state index in [1.165, 1.54) is 32.2 Å². The van der Waals surface area contributed by atoms with Crippen molar-refractivity contribution in [2.75, 3.05) is 26.7 Å². The number of likely N-dealkylation sites (N-methyl/N-ethyl adjacent to an activating group) is 1. The smallest absolute Gasteiger partial charge is 0.120 e. The molecule has 3 heteroatoms. The molecular formula is C15H26N2O. The van der Waals surface area contributed by atoms with Gasteiger partial charge in [0.1, 0.15) is 5.76 Å². The van der Waals surface area contributed by atoms with Gasteiger partial charge in [-0.2, -0.15) is 0 Å². The quantitative estimate of drug-likeness (QED) is 0.806. The van der Waals surface area contributed by atoms with Gasteiger partial charge in [-0.1, -0.05) is 12.8 Å². The summed E-state index contributed by atoms with van der Waals surface area (Å²) in [5.74, 6) is 1.96. The van der Waals surface area contributed by atoms with E-state index < -0.39 is 0 Å². The summed E-state index contributed by atoms with van der Waals surface area (Å²) in [6.45, 7) is 5.54. The van der Waals surface area contributed by atoms with Gasteiger partial charge in [0.05, 0.1) is 12.3 Å². The lowest BCUT2D eigenvalue weighted by molar-refractivity contribution is 0.272. The molecule has 1 aliphatic carbocycles. The molecule has 1 saturated carbocycles. The lowest BCUT2D eigenvalue weighted by atomic mass is 10.1. The van der Waals surface area contributed by atoms with Crippen molar-refractivity contribution in [3.8, 4) is 0 Å². The van der Waals surface area contributed by atoms with Gasteiger partial charge in [-0.05, 0) is 44.9 Å². The number of furan rings is 1. The molecule has 1 aromatic heterocycles. The molecule has 0 saturated heterocycles. The maximum absolute atomic E-state index is 5.38. The van der Waals surface area contributed by atoms with Crippen LogP contribution in [0.25, 0.3) is 0 Å². The molecule has 0 spiro atoms. The number of rotatable bonds is 7. The minimum atomic E-state index is 0.305. The van der Waals surface area contributed by atoms with Crippen LogP contribution in [-0.4, -0.2) is 31.6 Å². The van der Waals surface area contributed by atoms with Crippen LogP contribution in [0.2, 0.25) is 0 Å². The maximum atomic E-state index is 5.38. The Balaban J connectivity index is 1.59. The zero-order valence-corrected chi connectivity index (χ0v) is 11.7. The molecule has 0 amide bonds. The van der Waals surface area contributed by atoms with Crippen LogP contribution in [0, 0.1) is 5.92 Å². The predicted octanol–water partition coefficient (Wildman–Crippen LogP) is 3.05. The minimum absolute atomic E-state index is 0.305. The molecule has 0 aromatic carbocycles. The molecule has 1 aliphatic rings. The van der Waals surface area contributed by atoms with Crippen molar-refractivity contribution in [1.29, 1.82) is 0 Å². The molecule has 0 aliphatic heterocycles. The first-order valence-corrected chi connectivity index (χ1v) is 7.21. The molecule has 1 fully saturated rings. The summed E-state index contributed by atoms with van der Waals surface area (Å²) in [5.41, 5.74) is 0. The highest BCUT2D eigenvalue weighted by atomic mass is 16.3. The van der Waals surface area contributed by atoms with Crippen molar-refractivity contribution in [2.45, 2.75) is 38.6 Å². The van der Waals surface area contributed by atoms with E-state index in [1.54, 1.807) is 6.26 Å². The van der Waals surface area contributed by atoms with Gasteiger partial charge in [0.2, 0.25) is 0 Å². The molecular weight excluding hydrogens is 224 g/mol. The Morgan fingerprint density at radius 3 is 2.89 bits per heavy atom. The summed E-state index contributed by atoms with van der Waals surface area (Å²) >= 11 is 0. The second-order valence-corrected chi connectivity index (χ2v) is 5.60. The average Bonchev–Trinajstić information content (AvgIpc) is 3.00. The van der Waals surface area contributed by atoms with E-state index in [2.05, 4.69) is 24.2 Å². The fourth-order valence-corrected chi connectivity index (χ4v) is 2.84. The van der Waals surface area contributed by atoms with Gasteiger partial charge in [-0.15, -0.1) is 0 Å². The molecule has 1 atom stereocenters. The number of nitrogens with one attached hydrogen (secondary N) is 1. The predicted molar refractivity (Wildman–Crippen MR) is 74.6 cm³/mol. The van der Waals surface area contributed by atoms with Crippen LogP contribution in [0.1, 0.15) is 44.4 Å². The van der Waals surface area contributed by atoms with E-state index in [0.717, 1.165) is 24.8 Å². The van der Waals surface area contributed by atoms with Crippen LogP contribution in [-0.2, 0) is 0 Å². The molecule has 18 heavy (non-hydrogen) atoms. The van der Waals surface area contributed by atoms with Crippen LogP contribution < -0.4 is 5.32 Å². The van der Waals surface area contributed by atoms with Crippen LogP contribution in [0.15, 0.2) is 22.8 Å². The molecule has 0 radical (unpaired) electrons. The number of hydrogen-bond donors (Lipinski definition) is 1. The van der Waals surface area contributed by atoms with Crippen molar-refractivity contribution in [1.82, 2.24) is 10.2 Å². The van der Waals surface area contributed by atoms with Gasteiger partial charge in [0.15, 0.2) is 0 Å². The SMILES string of the molecule is CC(NCCN(C)CC1CCCC1)c1ccco1. The van der Waals surface area contributed by atoms with Gasteiger partial charge >= 0.3 is 0 Å². The Labute approximate surface area is 111 Å². The standard InChI is InChI=1S/C15H26N2O/c1-13(15-8-5-11-18-15)16-9-10-17(2)12-14-6-3-4-7-14/h5,8,11,13-14,16H,3-4,6-7,9-10,12H2,1-2H3. The van der Waals surface area contributed by atoms with E-state index >= 15 is 0 Å². The highest BCUT2D eigenvalue weighted by Gasteiger charge is 2.16. The second-order valence-electron chi connectivity index (χ2n) is 5.60. The normalized spacial score (nSPS) is 18.6. The first kappa shape index (κ1) is 13.6. The fraction of sp³-hybridized carbons (Fsp3) is 0.733. The van der Waals surface area contributed by atoms with E-state index in [1.807, 2.05) is 12.1 Å². The van der Waals surface area contributed by atoms with Crippen LogP contribution >= 0.6 is 0 Å². The lowest BCUT2D eigenvalue weighted by Crippen LogP contribution is -2.33. The third-order valence-electron chi connectivity index (χ3n) is 3.96. The zero-order valence-electron chi connectivity index (χ0n) is 11.7. The molecule has 1 aromatic rings. The molecule has 0 bridgehead atoms. The molecule has 2 rings (SSSR count). The first-order valence-electron chi connectivity index (χ1n) is 7.21. The second kappa shape index (κ2) is 6.95. The summed E-state index contributed by atoms with van der Waals surface area (Å²) in [7, 11) is 2.23. The number of hydrogen-bond acceptors (Lipinski definition) is 3. The zero-order chi connectivity index (χ0) is 12.8. The molecule has 1 unspecified atom stereocenters. The molecule has 102 valence electrons. The highest BCUT2D eigenvalue weighted by molar-refractivity contribution is 5.02. The van der Waals surface area contributed by atoms with E-state index in [-0.39, 0.29) is 0 Å². The fourth-order valence-electron chi connectivity index (χ4n) is 2.84. The van der Waals surface area contributed by atoms with E-state index in [0.29, 0.717) is 6.04 Å². The van der Waals surface area contributed by atoms with E-state index in [9.17, 15) is 0 Å². The van der Waals surface area contributed by atoms with Crippen LogP contribution in [0.3, 0.4) is 0 Å². The summed E-state index contributed by atoms with van der Waals surface area (Å²) in [5, 5.41) is 3.51. The van der Waals surface area contributed by atoms with Gasteiger partial charge in [-0.25, -0.2) is 0 Å². The summed E-state index contributed by atoms with van der Waals surface area (Å²) in [6, 6.07) is 4.28. The summed E-state index contributed by atoms with van der Waals surface area (Å²) in [4.78, 5) is 2.46. The Morgan fingerprint density at radius 2 is 2.22 bits per heavy atom. The average molecular weight is 250 g/mol. The highest BCUT2D eigenvalue weighted by Crippen LogP contribution is 2.24. The Hall–Kier alpha value is -0.800. The van der Waals surface area contributed by atoms with Crippen LogP contribution in [0.4, 0.5) is 0 Å². The Kier molecular flexibility index (Phi) is 5.26. The topological polar surface area (TPSA) is 28.4 Å². The summed E-state index contributed by atoms with van der Waals surface area (Å²) < 4.78 is 5.38. The van der Waals surface area contributed by atoms with Crippen molar-refractivity contribution < 1.29 is 4.42 Å². The minimum Gasteiger partial charge on any atom is -0.468 e. The maximum Gasteiger partial charge on any atom is 0.120 e. The van der Waals surface area contributed by atoms with Gasteiger partial charge < -0.3 is 14.6 Å². The van der Waals surface area contributed by atoms with Crippen molar-refractivity contribution in [2.24, 2.45) is 5.92 Å². The van der Waals surface area contributed by atoms with Crippen molar-refractivity contribution in [3.05, 3.63) is 24.2 Å². The van der Waals surface area contributed by atoms with Gasteiger partial charge in [0.25, 0.3) is 0 Å².